The van der Waals surface area contributed by atoms with E-state index < -0.39 is 0 Å². The summed E-state index contributed by atoms with van der Waals surface area (Å²) in [4.78, 5) is 18.0. The molecule has 0 fully saturated rings. The normalized spacial score (nSPS) is 18.3. The molecule has 0 aromatic carbocycles. The molecule has 3 rings (SSSR count). The predicted molar refractivity (Wildman–Crippen MR) is 89.4 cm³/mol. The third-order valence-electron chi connectivity index (χ3n) is 4.17. The summed E-state index contributed by atoms with van der Waals surface area (Å²) in [5, 5.41) is 7.44. The minimum atomic E-state index is -0.0604. The lowest BCUT2D eigenvalue weighted by atomic mass is 9.73. The van der Waals surface area contributed by atoms with Gasteiger partial charge in [0.15, 0.2) is 5.13 Å². The summed E-state index contributed by atoms with van der Waals surface area (Å²) in [6.07, 6.45) is 3.31. The van der Waals surface area contributed by atoms with Crippen LogP contribution in [0.5, 0.6) is 0 Å². The van der Waals surface area contributed by atoms with E-state index in [0.717, 1.165) is 18.0 Å². The van der Waals surface area contributed by atoms with Crippen LogP contribution < -0.4 is 5.32 Å². The fourth-order valence-corrected chi connectivity index (χ4v) is 4.45. The molecule has 2 heterocycles. The van der Waals surface area contributed by atoms with Crippen molar-refractivity contribution in [2.45, 2.75) is 40.0 Å². The van der Waals surface area contributed by atoms with Gasteiger partial charge >= 0.3 is 0 Å². The largest absolute Gasteiger partial charge is 0.298 e. The summed E-state index contributed by atoms with van der Waals surface area (Å²) in [6, 6.07) is 1.84. The number of anilines is 1. The zero-order valence-corrected chi connectivity index (χ0v) is 14.2. The Balaban J connectivity index is 1.73. The van der Waals surface area contributed by atoms with Crippen LogP contribution in [0.2, 0.25) is 0 Å². The molecule has 0 spiro atoms. The van der Waals surface area contributed by atoms with E-state index in [-0.39, 0.29) is 5.91 Å². The molecule has 2 aromatic heterocycles. The van der Waals surface area contributed by atoms with Gasteiger partial charge in [0, 0.05) is 10.3 Å². The molecule has 5 heteroatoms. The first kappa shape index (κ1) is 14.7. The maximum absolute atomic E-state index is 12.1. The maximum Gasteiger partial charge on any atom is 0.258 e. The molecule has 0 saturated carbocycles. The lowest BCUT2D eigenvalue weighted by molar-refractivity contribution is 0.102. The van der Waals surface area contributed by atoms with Gasteiger partial charge in [0.25, 0.3) is 5.91 Å². The summed E-state index contributed by atoms with van der Waals surface area (Å²) >= 11 is 3.17. The number of nitrogens with zero attached hydrogens (tertiary/aromatic N) is 1. The molecule has 0 bridgehead atoms. The van der Waals surface area contributed by atoms with Gasteiger partial charge in [-0.2, -0.15) is 11.3 Å². The number of thiazole rings is 1. The SMILES string of the molecule is CC(C)(C)[C@H]1CCc2nc(NC(=O)c3ccsc3)sc2C1. The minimum absolute atomic E-state index is 0.0604. The van der Waals surface area contributed by atoms with E-state index in [1.54, 1.807) is 11.3 Å². The van der Waals surface area contributed by atoms with E-state index in [0.29, 0.717) is 16.9 Å². The molecule has 0 saturated heterocycles. The highest BCUT2D eigenvalue weighted by Crippen LogP contribution is 2.40. The first-order valence-corrected chi connectivity index (χ1v) is 9.01. The number of carbonyl (C=O) groups is 1. The quantitative estimate of drug-likeness (QED) is 0.878. The van der Waals surface area contributed by atoms with Gasteiger partial charge in [-0.25, -0.2) is 4.98 Å². The van der Waals surface area contributed by atoms with Crippen molar-refractivity contribution in [3.8, 4) is 0 Å². The van der Waals surface area contributed by atoms with Crippen LogP contribution in [-0.4, -0.2) is 10.9 Å². The third kappa shape index (κ3) is 3.19. The second kappa shape index (κ2) is 5.54. The highest BCUT2D eigenvalue weighted by atomic mass is 32.1. The van der Waals surface area contributed by atoms with Crippen LogP contribution >= 0.6 is 22.7 Å². The van der Waals surface area contributed by atoms with Crippen LogP contribution in [0.15, 0.2) is 16.8 Å². The van der Waals surface area contributed by atoms with E-state index in [2.05, 4.69) is 31.1 Å². The van der Waals surface area contributed by atoms with Gasteiger partial charge in [-0.15, -0.1) is 11.3 Å². The summed E-state index contributed by atoms with van der Waals surface area (Å²) in [7, 11) is 0. The molecule has 21 heavy (non-hydrogen) atoms. The van der Waals surface area contributed by atoms with Crippen molar-refractivity contribution in [1.82, 2.24) is 4.98 Å². The number of rotatable bonds is 2. The number of thiophene rings is 1. The zero-order chi connectivity index (χ0) is 15.0. The van der Waals surface area contributed by atoms with Crippen LogP contribution in [0.4, 0.5) is 5.13 Å². The van der Waals surface area contributed by atoms with E-state index in [1.807, 2.05) is 16.8 Å². The summed E-state index contributed by atoms with van der Waals surface area (Å²) in [6.45, 7) is 6.93. The zero-order valence-electron chi connectivity index (χ0n) is 12.6. The lowest BCUT2D eigenvalue weighted by Crippen LogP contribution is -2.26. The fourth-order valence-electron chi connectivity index (χ4n) is 2.73. The average Bonchev–Trinajstić information content (AvgIpc) is 3.05. The van der Waals surface area contributed by atoms with E-state index in [1.165, 1.54) is 28.3 Å². The van der Waals surface area contributed by atoms with Crippen molar-refractivity contribution >= 4 is 33.7 Å². The van der Waals surface area contributed by atoms with Gasteiger partial charge in [0.2, 0.25) is 0 Å². The first-order valence-electron chi connectivity index (χ1n) is 7.25. The van der Waals surface area contributed by atoms with Gasteiger partial charge in [0.1, 0.15) is 0 Å². The summed E-state index contributed by atoms with van der Waals surface area (Å²) in [5.74, 6) is 0.639. The average molecular weight is 320 g/mol. The van der Waals surface area contributed by atoms with Crippen molar-refractivity contribution in [3.63, 3.8) is 0 Å². The predicted octanol–water partition coefficient (Wildman–Crippen LogP) is 4.61. The van der Waals surface area contributed by atoms with Crippen molar-refractivity contribution in [3.05, 3.63) is 33.0 Å². The third-order valence-corrected chi connectivity index (χ3v) is 5.89. The Labute approximate surface area is 133 Å². The van der Waals surface area contributed by atoms with E-state index >= 15 is 0 Å². The Morgan fingerprint density at radius 2 is 2.24 bits per heavy atom. The fraction of sp³-hybridized carbons (Fsp3) is 0.500. The Bertz CT molecular complexity index is 638. The summed E-state index contributed by atoms with van der Waals surface area (Å²) in [5.41, 5.74) is 2.23. The maximum atomic E-state index is 12.1. The van der Waals surface area contributed by atoms with Gasteiger partial charge < -0.3 is 0 Å². The summed E-state index contributed by atoms with van der Waals surface area (Å²) < 4.78 is 0. The molecule has 1 aliphatic rings. The van der Waals surface area contributed by atoms with Gasteiger partial charge in [-0.05, 0) is 42.0 Å². The monoisotopic (exact) mass is 320 g/mol. The van der Waals surface area contributed by atoms with Gasteiger partial charge in [-0.1, -0.05) is 20.8 Å². The second-order valence-electron chi connectivity index (χ2n) is 6.66. The van der Waals surface area contributed by atoms with Crippen molar-refractivity contribution in [1.29, 1.82) is 0 Å². The minimum Gasteiger partial charge on any atom is -0.298 e. The van der Waals surface area contributed by atoms with Crippen LogP contribution in [0.25, 0.3) is 0 Å². The highest BCUT2D eigenvalue weighted by molar-refractivity contribution is 7.16. The Morgan fingerprint density at radius 1 is 1.43 bits per heavy atom. The van der Waals surface area contributed by atoms with E-state index in [9.17, 15) is 4.79 Å². The molecule has 1 N–H and O–H groups in total. The number of carbonyl (C=O) groups excluding carboxylic acids is 1. The number of aryl methyl sites for hydroxylation is 1. The smallest absolute Gasteiger partial charge is 0.258 e. The Kier molecular flexibility index (Phi) is 3.88. The van der Waals surface area contributed by atoms with E-state index in [4.69, 9.17) is 0 Å². The molecular weight excluding hydrogens is 300 g/mol. The second-order valence-corrected chi connectivity index (χ2v) is 8.52. The molecule has 0 aliphatic heterocycles. The molecule has 1 amide bonds. The number of amides is 1. The molecule has 0 radical (unpaired) electrons. The first-order chi connectivity index (χ1) is 9.93. The number of nitrogens with one attached hydrogen (secondary N) is 1. The number of aromatic nitrogens is 1. The molecule has 2 aromatic rings. The van der Waals surface area contributed by atoms with Gasteiger partial charge in [0.05, 0.1) is 11.3 Å². The number of fused-ring (bicyclic) bond motifs is 1. The molecule has 1 aliphatic carbocycles. The standard InChI is InChI=1S/C16H20N2OS2/c1-16(2,3)11-4-5-12-13(8-11)21-15(17-12)18-14(19)10-6-7-20-9-10/h6-7,9,11H,4-5,8H2,1-3H3,(H,17,18,19)/t11-/m0/s1. The highest BCUT2D eigenvalue weighted by Gasteiger charge is 2.30. The van der Waals surface area contributed by atoms with Crippen LogP contribution in [0.1, 0.15) is 48.1 Å². The number of hydrogen-bond acceptors (Lipinski definition) is 4. The van der Waals surface area contributed by atoms with Crippen LogP contribution in [0, 0.1) is 11.3 Å². The van der Waals surface area contributed by atoms with Gasteiger partial charge in [-0.3, -0.25) is 10.1 Å². The van der Waals surface area contributed by atoms with Crippen molar-refractivity contribution < 1.29 is 4.79 Å². The van der Waals surface area contributed by atoms with Crippen LogP contribution in [-0.2, 0) is 12.8 Å². The Hall–Kier alpha value is -1.20. The molecule has 3 nitrogen and oxygen atoms in total. The Morgan fingerprint density at radius 3 is 2.90 bits per heavy atom. The topological polar surface area (TPSA) is 42.0 Å². The lowest BCUT2D eigenvalue weighted by Gasteiger charge is -2.33. The molecule has 112 valence electrons. The van der Waals surface area contributed by atoms with Crippen LogP contribution in [0.3, 0.4) is 0 Å². The molecule has 1 atom stereocenters. The number of hydrogen-bond donors (Lipinski definition) is 1. The van der Waals surface area contributed by atoms with Crippen molar-refractivity contribution in [2.24, 2.45) is 11.3 Å². The molecule has 0 unspecified atom stereocenters. The van der Waals surface area contributed by atoms with Crippen molar-refractivity contribution in [2.75, 3.05) is 5.32 Å². The molecular formula is C16H20N2OS2.